The molecule has 2 amide bonds. The van der Waals surface area contributed by atoms with Crippen molar-refractivity contribution in [3.8, 4) is 5.75 Å². The van der Waals surface area contributed by atoms with E-state index in [1.54, 1.807) is 13.8 Å². The van der Waals surface area contributed by atoms with Crippen molar-refractivity contribution in [3.05, 3.63) is 18.2 Å². The molecule has 0 saturated carbocycles. The fourth-order valence-corrected chi connectivity index (χ4v) is 5.78. The lowest BCUT2D eigenvalue weighted by Gasteiger charge is -2.36. The second-order valence-electron chi connectivity index (χ2n) is 7.71. The Bertz CT molecular complexity index is 1000. The summed E-state index contributed by atoms with van der Waals surface area (Å²) in [5, 5.41) is 0.158. The van der Waals surface area contributed by atoms with Gasteiger partial charge in [0.25, 0.3) is 0 Å². The van der Waals surface area contributed by atoms with Crippen molar-refractivity contribution in [2.24, 2.45) is 10.8 Å². The summed E-state index contributed by atoms with van der Waals surface area (Å²) < 4.78 is 47.5. The highest BCUT2D eigenvalue weighted by Crippen LogP contribution is 2.64. The van der Waals surface area contributed by atoms with Gasteiger partial charge < -0.3 is 9.47 Å². The van der Waals surface area contributed by atoms with E-state index in [0.29, 0.717) is 10.2 Å². The highest BCUT2D eigenvalue weighted by molar-refractivity contribution is 7.22. The normalized spacial score (nSPS) is 34.5. The monoisotopic (exact) mass is 412 g/mol. The Morgan fingerprint density at radius 2 is 1.79 bits per heavy atom. The summed E-state index contributed by atoms with van der Waals surface area (Å²) in [6, 6.07) is 3.73. The second-order valence-corrected chi connectivity index (χ2v) is 8.72. The molecule has 28 heavy (non-hydrogen) atoms. The van der Waals surface area contributed by atoms with Crippen LogP contribution >= 0.6 is 11.3 Å². The molecule has 2 bridgehead atoms. The zero-order valence-electron chi connectivity index (χ0n) is 14.9. The molecular weight excluding hydrogens is 397 g/mol. The molecule has 4 atom stereocenters. The predicted molar refractivity (Wildman–Crippen MR) is 92.9 cm³/mol. The van der Waals surface area contributed by atoms with Crippen LogP contribution in [0.15, 0.2) is 18.2 Å². The van der Waals surface area contributed by atoms with Crippen molar-refractivity contribution in [1.82, 2.24) is 4.98 Å². The van der Waals surface area contributed by atoms with E-state index in [1.165, 1.54) is 12.1 Å². The number of benzene rings is 1. The summed E-state index contributed by atoms with van der Waals surface area (Å²) in [6.07, 6.45) is -3.99. The van der Waals surface area contributed by atoms with Crippen molar-refractivity contribution in [2.75, 3.05) is 4.90 Å². The Morgan fingerprint density at radius 3 is 2.36 bits per heavy atom. The SMILES string of the molecule is C[C@@]12C(=O)N(c3nc4ccc(OC(F)(F)F)cc4s3)C(=O)[C@]1(C)[C@H]1CC[C@@H]2O1. The number of thiazole rings is 1. The van der Waals surface area contributed by atoms with Crippen LogP contribution in [-0.4, -0.2) is 35.4 Å². The fraction of sp³-hybridized carbons (Fsp3) is 0.500. The number of halogens is 3. The first-order valence-corrected chi connectivity index (χ1v) is 9.58. The lowest BCUT2D eigenvalue weighted by Crippen LogP contribution is -2.48. The zero-order valence-corrected chi connectivity index (χ0v) is 15.7. The number of amides is 2. The second kappa shape index (κ2) is 5.24. The van der Waals surface area contributed by atoms with E-state index in [9.17, 15) is 22.8 Å². The fourth-order valence-electron chi connectivity index (χ4n) is 4.79. The summed E-state index contributed by atoms with van der Waals surface area (Å²) >= 11 is 0.986. The molecule has 0 aliphatic carbocycles. The minimum absolute atomic E-state index is 0.158. The summed E-state index contributed by atoms with van der Waals surface area (Å²) in [5.41, 5.74) is -1.54. The van der Waals surface area contributed by atoms with Crippen LogP contribution in [0.3, 0.4) is 0 Å². The first-order valence-electron chi connectivity index (χ1n) is 8.76. The number of rotatable bonds is 2. The number of imide groups is 1. The van der Waals surface area contributed by atoms with Crippen LogP contribution < -0.4 is 9.64 Å². The van der Waals surface area contributed by atoms with E-state index in [1.807, 2.05) is 0 Å². The third kappa shape index (κ3) is 2.04. The molecule has 3 saturated heterocycles. The minimum Gasteiger partial charge on any atom is -0.406 e. The molecule has 148 valence electrons. The van der Waals surface area contributed by atoms with Gasteiger partial charge in [-0.25, -0.2) is 9.88 Å². The van der Waals surface area contributed by atoms with Gasteiger partial charge in [-0.2, -0.15) is 0 Å². The smallest absolute Gasteiger partial charge is 0.406 e. The molecule has 4 heterocycles. The lowest BCUT2D eigenvalue weighted by molar-refractivity contribution is -0.274. The van der Waals surface area contributed by atoms with Crippen molar-refractivity contribution in [1.29, 1.82) is 0 Å². The van der Waals surface area contributed by atoms with Crippen LogP contribution in [0.5, 0.6) is 5.75 Å². The number of carbonyl (C=O) groups excluding carboxylic acids is 2. The lowest BCUT2D eigenvalue weighted by atomic mass is 9.59. The molecule has 0 N–H and O–H groups in total. The van der Waals surface area contributed by atoms with Gasteiger partial charge in [-0.3, -0.25) is 9.59 Å². The molecule has 3 fully saturated rings. The van der Waals surface area contributed by atoms with E-state index in [4.69, 9.17) is 4.74 Å². The van der Waals surface area contributed by atoms with Gasteiger partial charge in [0, 0.05) is 6.07 Å². The van der Waals surface area contributed by atoms with Crippen LogP contribution in [0.2, 0.25) is 0 Å². The standard InChI is InChI=1S/C18H15F3N2O4S/c1-16-11-5-6-12(26-11)17(16,2)14(25)23(13(16)24)15-22-9-4-3-8(7-10(9)28-15)27-18(19,20)21/h3-4,7,11-12H,5-6H2,1-2H3/t11-,12+,16+,17-. The number of hydrogen-bond acceptors (Lipinski definition) is 6. The molecule has 5 rings (SSSR count). The quantitative estimate of drug-likeness (QED) is 0.705. The van der Waals surface area contributed by atoms with Gasteiger partial charge in [0.2, 0.25) is 11.8 Å². The molecule has 1 aromatic heterocycles. The van der Waals surface area contributed by atoms with Gasteiger partial charge in [-0.05, 0) is 38.8 Å². The summed E-state index contributed by atoms with van der Waals surface area (Å²) in [4.78, 5) is 31.9. The first-order chi connectivity index (χ1) is 13.1. The molecule has 10 heteroatoms. The van der Waals surface area contributed by atoms with Crippen LogP contribution in [0.1, 0.15) is 26.7 Å². The average molecular weight is 412 g/mol. The van der Waals surface area contributed by atoms with Crippen LogP contribution in [0.25, 0.3) is 10.2 Å². The molecule has 0 unspecified atom stereocenters. The number of nitrogens with zero attached hydrogens (tertiary/aromatic N) is 2. The summed E-state index contributed by atoms with van der Waals surface area (Å²) in [5.74, 6) is -1.10. The van der Waals surface area contributed by atoms with Gasteiger partial charge >= 0.3 is 6.36 Å². The third-order valence-corrected chi connectivity index (χ3v) is 7.46. The molecular formula is C18H15F3N2O4S. The van der Waals surface area contributed by atoms with Gasteiger partial charge in [0.05, 0.1) is 33.3 Å². The third-order valence-electron chi connectivity index (χ3n) is 6.45. The average Bonchev–Trinajstić information content (AvgIpc) is 3.31. The van der Waals surface area contributed by atoms with Gasteiger partial charge in [0.1, 0.15) is 5.75 Å². The number of fused-ring (bicyclic) bond motifs is 6. The molecule has 0 spiro atoms. The van der Waals surface area contributed by atoms with Crippen molar-refractivity contribution >= 4 is 38.5 Å². The molecule has 6 nitrogen and oxygen atoms in total. The number of alkyl halides is 3. The number of carbonyl (C=O) groups is 2. The number of hydrogen-bond donors (Lipinski definition) is 0. The first kappa shape index (κ1) is 17.9. The predicted octanol–water partition coefficient (Wildman–Crippen LogP) is 3.64. The van der Waals surface area contributed by atoms with Crippen LogP contribution in [0, 0.1) is 10.8 Å². The zero-order chi connectivity index (χ0) is 20.1. The Labute approximate surface area is 161 Å². The largest absolute Gasteiger partial charge is 0.573 e. The van der Waals surface area contributed by atoms with E-state index >= 15 is 0 Å². The van der Waals surface area contributed by atoms with Gasteiger partial charge in [-0.15, -0.1) is 13.2 Å². The van der Waals surface area contributed by atoms with Crippen LogP contribution in [0.4, 0.5) is 18.3 Å². The maximum Gasteiger partial charge on any atom is 0.573 e. The Morgan fingerprint density at radius 1 is 1.18 bits per heavy atom. The maximum atomic E-state index is 13.3. The van der Waals surface area contributed by atoms with Crippen LogP contribution in [-0.2, 0) is 14.3 Å². The topological polar surface area (TPSA) is 68.7 Å². The Kier molecular flexibility index (Phi) is 3.34. The Balaban J connectivity index is 1.56. The molecule has 3 aliphatic rings. The molecule has 2 aromatic rings. The van der Waals surface area contributed by atoms with Crippen molar-refractivity contribution < 1.29 is 32.2 Å². The van der Waals surface area contributed by atoms with Gasteiger partial charge in [0.15, 0.2) is 5.13 Å². The highest BCUT2D eigenvalue weighted by atomic mass is 32.1. The molecule has 1 aromatic carbocycles. The summed E-state index contributed by atoms with van der Waals surface area (Å²) in [6.45, 7) is 3.53. The number of ether oxygens (including phenoxy) is 2. The highest BCUT2D eigenvalue weighted by Gasteiger charge is 2.77. The Hall–Kier alpha value is -2.20. The van der Waals surface area contributed by atoms with E-state index in [-0.39, 0.29) is 34.9 Å². The maximum absolute atomic E-state index is 13.3. The number of anilines is 1. The van der Waals surface area contributed by atoms with Gasteiger partial charge in [-0.1, -0.05) is 11.3 Å². The van der Waals surface area contributed by atoms with Crippen molar-refractivity contribution in [3.63, 3.8) is 0 Å². The van der Waals surface area contributed by atoms with Crippen molar-refractivity contribution in [2.45, 2.75) is 45.3 Å². The van der Waals surface area contributed by atoms with E-state index in [0.717, 1.165) is 35.1 Å². The molecule has 0 radical (unpaired) electrons. The summed E-state index contributed by atoms with van der Waals surface area (Å²) in [7, 11) is 0. The minimum atomic E-state index is -4.80. The molecule has 3 aliphatic heterocycles. The van der Waals surface area contributed by atoms with E-state index in [2.05, 4.69) is 9.72 Å². The van der Waals surface area contributed by atoms with E-state index < -0.39 is 17.2 Å². The number of aromatic nitrogens is 1.